The van der Waals surface area contributed by atoms with E-state index in [2.05, 4.69) is 9.97 Å². The van der Waals surface area contributed by atoms with Crippen LogP contribution in [0.3, 0.4) is 0 Å². The van der Waals surface area contributed by atoms with E-state index in [1.165, 1.54) is 0 Å². The molecular weight excluding hydrogens is 238 g/mol. The summed E-state index contributed by atoms with van der Waals surface area (Å²) in [5.41, 5.74) is 8.55. The first-order valence-corrected chi connectivity index (χ1v) is 6.05. The van der Waals surface area contributed by atoms with Gasteiger partial charge in [0.2, 0.25) is 0 Å². The van der Waals surface area contributed by atoms with Gasteiger partial charge in [0, 0.05) is 0 Å². The Bertz CT molecular complexity index is 765. The second-order valence-electron chi connectivity index (χ2n) is 4.36. The van der Waals surface area contributed by atoms with Crippen LogP contribution >= 0.6 is 0 Å². The van der Waals surface area contributed by atoms with E-state index in [4.69, 9.17) is 5.73 Å². The standard InChI is InChI=1S/C15H13N3O/c16-13(10-6-2-1-3-7-10)14-15(19)18-12-9-5-4-8-11(12)17-14/h1-9,13H,16H2,(H,18,19). The minimum atomic E-state index is -0.519. The molecule has 0 aliphatic heterocycles. The van der Waals surface area contributed by atoms with Crippen LogP contribution in [0.2, 0.25) is 0 Å². The summed E-state index contributed by atoms with van der Waals surface area (Å²) in [5, 5.41) is 0. The van der Waals surface area contributed by atoms with Gasteiger partial charge in [0.25, 0.3) is 5.56 Å². The Morgan fingerprint density at radius 2 is 1.68 bits per heavy atom. The molecule has 3 aromatic rings. The molecule has 0 bridgehead atoms. The van der Waals surface area contributed by atoms with Crippen LogP contribution < -0.4 is 11.3 Å². The van der Waals surface area contributed by atoms with Gasteiger partial charge >= 0.3 is 0 Å². The number of nitrogens with two attached hydrogens (primary N) is 1. The molecule has 3 rings (SSSR count). The van der Waals surface area contributed by atoms with Crippen molar-refractivity contribution in [3.05, 3.63) is 76.2 Å². The van der Waals surface area contributed by atoms with Crippen LogP contribution in [0, 0.1) is 0 Å². The van der Waals surface area contributed by atoms with Crippen LogP contribution in [0.25, 0.3) is 11.0 Å². The van der Waals surface area contributed by atoms with E-state index in [1.54, 1.807) is 0 Å². The number of fused-ring (bicyclic) bond motifs is 1. The normalized spacial score (nSPS) is 12.5. The van der Waals surface area contributed by atoms with Gasteiger partial charge < -0.3 is 10.7 Å². The summed E-state index contributed by atoms with van der Waals surface area (Å²) in [7, 11) is 0. The number of nitrogens with one attached hydrogen (secondary N) is 1. The molecule has 0 aliphatic rings. The predicted octanol–water partition coefficient (Wildman–Crippen LogP) is 1.97. The average molecular weight is 251 g/mol. The van der Waals surface area contributed by atoms with Crippen molar-refractivity contribution >= 4 is 11.0 Å². The van der Waals surface area contributed by atoms with Crippen molar-refractivity contribution in [3.8, 4) is 0 Å². The largest absolute Gasteiger partial charge is 0.319 e. The van der Waals surface area contributed by atoms with Crippen LogP contribution in [0.15, 0.2) is 59.4 Å². The van der Waals surface area contributed by atoms with E-state index in [0.29, 0.717) is 5.69 Å². The summed E-state index contributed by atoms with van der Waals surface area (Å²) in [6.45, 7) is 0. The zero-order valence-electron chi connectivity index (χ0n) is 10.2. The Kier molecular flexibility index (Phi) is 2.85. The van der Waals surface area contributed by atoms with Gasteiger partial charge in [-0.3, -0.25) is 4.79 Å². The number of H-pyrrole nitrogens is 1. The summed E-state index contributed by atoms with van der Waals surface area (Å²) in [6, 6.07) is 16.4. The van der Waals surface area contributed by atoms with Gasteiger partial charge in [-0.05, 0) is 17.7 Å². The third-order valence-corrected chi connectivity index (χ3v) is 3.08. The smallest absolute Gasteiger partial charge is 0.272 e. The highest BCUT2D eigenvalue weighted by Gasteiger charge is 2.14. The molecule has 3 N–H and O–H groups in total. The molecule has 1 atom stereocenters. The number of para-hydroxylation sites is 2. The Hall–Kier alpha value is -2.46. The van der Waals surface area contributed by atoms with Crippen molar-refractivity contribution in [3.63, 3.8) is 0 Å². The number of rotatable bonds is 2. The topological polar surface area (TPSA) is 71.8 Å². The van der Waals surface area contributed by atoms with Crippen LogP contribution in [-0.2, 0) is 0 Å². The van der Waals surface area contributed by atoms with E-state index in [1.807, 2.05) is 54.6 Å². The van der Waals surface area contributed by atoms with Gasteiger partial charge in [0.05, 0.1) is 17.1 Å². The maximum atomic E-state index is 12.0. The van der Waals surface area contributed by atoms with E-state index in [9.17, 15) is 4.79 Å². The molecule has 0 fully saturated rings. The number of hydrogen-bond donors (Lipinski definition) is 2. The predicted molar refractivity (Wildman–Crippen MR) is 74.8 cm³/mol. The van der Waals surface area contributed by atoms with Crippen LogP contribution in [0.5, 0.6) is 0 Å². The molecule has 0 aliphatic carbocycles. The molecule has 1 unspecified atom stereocenters. The van der Waals surface area contributed by atoms with Crippen molar-refractivity contribution in [1.29, 1.82) is 0 Å². The van der Waals surface area contributed by atoms with E-state index in [0.717, 1.165) is 16.6 Å². The fraction of sp³-hybridized carbons (Fsp3) is 0.0667. The summed E-state index contributed by atoms with van der Waals surface area (Å²) in [4.78, 5) is 19.2. The number of nitrogens with zero attached hydrogens (tertiary/aromatic N) is 1. The van der Waals surface area contributed by atoms with Crippen molar-refractivity contribution in [2.45, 2.75) is 6.04 Å². The SMILES string of the molecule is NC(c1ccccc1)c1nc2ccccc2[nH]c1=O. The molecule has 1 heterocycles. The zero-order chi connectivity index (χ0) is 13.2. The minimum Gasteiger partial charge on any atom is -0.319 e. The van der Waals surface area contributed by atoms with Crippen molar-refractivity contribution < 1.29 is 0 Å². The third-order valence-electron chi connectivity index (χ3n) is 3.08. The molecule has 0 radical (unpaired) electrons. The molecule has 1 aromatic heterocycles. The number of benzene rings is 2. The lowest BCUT2D eigenvalue weighted by atomic mass is 10.0. The molecule has 4 nitrogen and oxygen atoms in total. The van der Waals surface area contributed by atoms with Crippen LogP contribution in [0.1, 0.15) is 17.3 Å². The first kappa shape index (κ1) is 11.6. The average Bonchev–Trinajstić information content (AvgIpc) is 2.47. The van der Waals surface area contributed by atoms with Crippen LogP contribution in [-0.4, -0.2) is 9.97 Å². The lowest BCUT2D eigenvalue weighted by molar-refractivity contribution is 0.813. The van der Waals surface area contributed by atoms with Gasteiger partial charge in [-0.25, -0.2) is 4.98 Å². The van der Waals surface area contributed by atoms with Crippen molar-refractivity contribution in [2.75, 3.05) is 0 Å². The highest BCUT2D eigenvalue weighted by molar-refractivity contribution is 5.73. The maximum Gasteiger partial charge on any atom is 0.272 e. The van der Waals surface area contributed by atoms with Crippen LogP contribution in [0.4, 0.5) is 0 Å². The molecule has 94 valence electrons. The first-order valence-electron chi connectivity index (χ1n) is 6.05. The highest BCUT2D eigenvalue weighted by Crippen LogP contribution is 2.16. The third kappa shape index (κ3) is 2.13. The second kappa shape index (κ2) is 4.66. The first-order chi connectivity index (χ1) is 9.25. The van der Waals surface area contributed by atoms with E-state index in [-0.39, 0.29) is 5.56 Å². The maximum absolute atomic E-state index is 12.0. The van der Waals surface area contributed by atoms with E-state index >= 15 is 0 Å². The van der Waals surface area contributed by atoms with Gasteiger partial charge in [0.15, 0.2) is 0 Å². The molecule has 19 heavy (non-hydrogen) atoms. The Balaban J connectivity index is 2.15. The molecule has 0 spiro atoms. The summed E-state index contributed by atoms with van der Waals surface area (Å²) in [6.07, 6.45) is 0. The van der Waals surface area contributed by atoms with E-state index < -0.39 is 6.04 Å². The number of hydrogen-bond acceptors (Lipinski definition) is 3. The highest BCUT2D eigenvalue weighted by atomic mass is 16.1. The fourth-order valence-corrected chi connectivity index (χ4v) is 2.07. The Labute approximate surface area is 109 Å². The van der Waals surface area contributed by atoms with Crippen molar-refractivity contribution in [1.82, 2.24) is 9.97 Å². The zero-order valence-corrected chi connectivity index (χ0v) is 10.2. The summed E-state index contributed by atoms with van der Waals surface area (Å²) >= 11 is 0. The molecule has 2 aromatic carbocycles. The monoisotopic (exact) mass is 251 g/mol. The van der Waals surface area contributed by atoms with Gasteiger partial charge in [-0.1, -0.05) is 42.5 Å². The lowest BCUT2D eigenvalue weighted by Gasteiger charge is -2.11. The second-order valence-corrected chi connectivity index (χ2v) is 4.36. The molecule has 0 saturated heterocycles. The summed E-state index contributed by atoms with van der Waals surface area (Å²) in [5.74, 6) is 0. The molecular formula is C15H13N3O. The minimum absolute atomic E-state index is 0.241. The van der Waals surface area contributed by atoms with Gasteiger partial charge in [-0.15, -0.1) is 0 Å². The number of aromatic nitrogens is 2. The number of aromatic amines is 1. The quantitative estimate of drug-likeness (QED) is 0.731. The Morgan fingerprint density at radius 1 is 1.00 bits per heavy atom. The Morgan fingerprint density at radius 3 is 2.47 bits per heavy atom. The lowest BCUT2D eigenvalue weighted by Crippen LogP contribution is -2.24. The molecule has 0 amide bonds. The molecule has 0 saturated carbocycles. The molecule has 4 heteroatoms. The van der Waals surface area contributed by atoms with Gasteiger partial charge in [0.1, 0.15) is 5.69 Å². The fourth-order valence-electron chi connectivity index (χ4n) is 2.07. The summed E-state index contributed by atoms with van der Waals surface area (Å²) < 4.78 is 0. The van der Waals surface area contributed by atoms with Gasteiger partial charge in [-0.2, -0.15) is 0 Å². The van der Waals surface area contributed by atoms with Crippen molar-refractivity contribution in [2.24, 2.45) is 5.73 Å².